The zero-order valence-electron chi connectivity index (χ0n) is 24.0. The largest absolute Gasteiger partial charge is 0.497 e. The third-order valence-electron chi connectivity index (χ3n) is 9.54. The molecule has 7 rings (SSSR count). The third-order valence-corrected chi connectivity index (χ3v) is 12.6. The van der Waals surface area contributed by atoms with Gasteiger partial charge in [0.25, 0.3) is 5.91 Å². The smallest absolute Gasteiger partial charge is 0.326 e. The van der Waals surface area contributed by atoms with Crippen LogP contribution in [-0.2, 0) is 19.2 Å². The summed E-state index contributed by atoms with van der Waals surface area (Å²) in [7, 11) is 1.56. The fraction of sp³-hybridized carbons (Fsp3) is 0.387. The molecule has 8 atom stereocenters. The van der Waals surface area contributed by atoms with E-state index in [1.165, 1.54) is 6.92 Å². The van der Waals surface area contributed by atoms with Gasteiger partial charge in [0, 0.05) is 31.8 Å². The van der Waals surface area contributed by atoms with Gasteiger partial charge in [0.1, 0.15) is 17.5 Å². The number of carboxylic acids is 1. The van der Waals surface area contributed by atoms with E-state index in [0.29, 0.717) is 23.6 Å². The molecule has 3 N–H and O–H groups in total. The van der Waals surface area contributed by atoms with Gasteiger partial charge in [0.2, 0.25) is 11.8 Å². The molecule has 2 aliphatic heterocycles. The molecular formula is C31H28BrN3O8S2. The lowest BCUT2D eigenvalue weighted by atomic mass is 9.68. The van der Waals surface area contributed by atoms with Gasteiger partial charge in [-0.2, -0.15) is 0 Å². The van der Waals surface area contributed by atoms with Crippen molar-refractivity contribution in [2.24, 2.45) is 29.6 Å². The molecule has 14 heteroatoms. The van der Waals surface area contributed by atoms with E-state index < -0.39 is 35.7 Å². The van der Waals surface area contributed by atoms with Gasteiger partial charge in [-0.05, 0) is 73.6 Å². The zero-order chi connectivity index (χ0) is 31.7. The molecule has 4 aliphatic rings. The fourth-order valence-electron chi connectivity index (χ4n) is 7.79. The molecule has 2 bridgehead atoms. The highest BCUT2D eigenvalue weighted by atomic mass is 79.9. The van der Waals surface area contributed by atoms with Crippen molar-refractivity contribution >= 4 is 68.4 Å². The van der Waals surface area contributed by atoms with Crippen LogP contribution < -0.4 is 19.7 Å². The SMILES string of the molecule is COc1ccc(NC(=O)COc2ccc(Br)cc2[C@H]2c3sc(=O)[nH]c3SC3C4CC(C5C(=O)N(C(C)C(=O)O)C(=O)C45)C32)cc1. The topological polar surface area (TPSA) is 155 Å². The van der Waals surface area contributed by atoms with Crippen LogP contribution in [0.2, 0.25) is 0 Å². The van der Waals surface area contributed by atoms with Crippen molar-refractivity contribution in [2.45, 2.75) is 35.6 Å². The number of likely N-dealkylation sites (tertiary alicyclic amines) is 1. The first-order valence-electron chi connectivity index (χ1n) is 14.4. The van der Waals surface area contributed by atoms with Crippen LogP contribution in [0.25, 0.3) is 0 Å². The maximum absolute atomic E-state index is 13.7. The summed E-state index contributed by atoms with van der Waals surface area (Å²) in [6.07, 6.45) is 0.661. The summed E-state index contributed by atoms with van der Waals surface area (Å²) in [4.78, 5) is 69.1. The molecule has 3 fully saturated rings. The number of carbonyl (C=O) groups excluding carboxylic acids is 3. The van der Waals surface area contributed by atoms with Crippen LogP contribution >= 0.6 is 39.0 Å². The fourth-order valence-corrected chi connectivity index (χ4v) is 11.0. The number of nitrogens with zero attached hydrogens (tertiary/aromatic N) is 1. The van der Waals surface area contributed by atoms with E-state index in [-0.39, 0.29) is 46.3 Å². The molecule has 0 spiro atoms. The molecule has 1 saturated heterocycles. The van der Waals surface area contributed by atoms with Gasteiger partial charge in [-0.15, -0.1) is 11.8 Å². The Balaban J connectivity index is 1.22. The molecule has 2 saturated carbocycles. The molecule has 1 aromatic heterocycles. The number of aliphatic carboxylic acids is 1. The Morgan fingerprint density at radius 1 is 1.11 bits per heavy atom. The number of amides is 3. The Bertz CT molecular complexity index is 1790. The van der Waals surface area contributed by atoms with Crippen molar-refractivity contribution < 1.29 is 33.8 Å². The number of nitrogens with one attached hydrogen (secondary N) is 2. The Labute approximate surface area is 273 Å². The molecule has 0 radical (unpaired) electrons. The second kappa shape index (κ2) is 11.3. The van der Waals surface area contributed by atoms with Gasteiger partial charge in [0.05, 0.1) is 24.0 Å². The molecule has 2 aromatic carbocycles. The van der Waals surface area contributed by atoms with Crippen LogP contribution in [0.3, 0.4) is 0 Å². The number of thiazole rings is 1. The van der Waals surface area contributed by atoms with Gasteiger partial charge in [-0.1, -0.05) is 27.3 Å². The number of aromatic nitrogens is 1. The number of carbonyl (C=O) groups is 4. The molecule has 3 heterocycles. The highest BCUT2D eigenvalue weighted by Crippen LogP contribution is 2.69. The quantitative estimate of drug-likeness (QED) is 0.292. The number of fused-ring (bicyclic) bond motifs is 9. The Kier molecular flexibility index (Phi) is 7.56. The van der Waals surface area contributed by atoms with Gasteiger partial charge >= 0.3 is 10.8 Å². The van der Waals surface area contributed by atoms with Crippen LogP contribution in [0.15, 0.2) is 56.8 Å². The van der Waals surface area contributed by atoms with E-state index in [9.17, 15) is 29.1 Å². The number of hydrogen-bond acceptors (Lipinski definition) is 9. The minimum absolute atomic E-state index is 0.0824. The van der Waals surface area contributed by atoms with Gasteiger partial charge in [-0.25, -0.2) is 4.79 Å². The van der Waals surface area contributed by atoms with Crippen LogP contribution in [0, 0.1) is 29.6 Å². The van der Waals surface area contributed by atoms with Crippen molar-refractivity contribution in [1.82, 2.24) is 9.88 Å². The number of H-pyrrole nitrogens is 1. The van der Waals surface area contributed by atoms with E-state index in [1.807, 2.05) is 12.1 Å². The Hall–Kier alpha value is -3.62. The number of halogens is 1. The maximum atomic E-state index is 13.7. The number of hydrogen-bond donors (Lipinski definition) is 3. The molecule has 2 aliphatic carbocycles. The summed E-state index contributed by atoms with van der Waals surface area (Å²) in [5.41, 5.74) is 1.36. The average molecular weight is 715 g/mol. The Morgan fingerprint density at radius 2 is 1.82 bits per heavy atom. The lowest BCUT2D eigenvalue weighted by Gasteiger charge is -2.43. The van der Waals surface area contributed by atoms with Gasteiger partial charge in [0.15, 0.2) is 6.61 Å². The molecule has 3 amide bonds. The van der Waals surface area contributed by atoms with Gasteiger partial charge < -0.3 is 24.9 Å². The summed E-state index contributed by atoms with van der Waals surface area (Å²) in [6, 6.07) is 11.2. The molecule has 11 nitrogen and oxygen atoms in total. The normalized spacial score (nSPS) is 28.3. The monoisotopic (exact) mass is 713 g/mol. The van der Waals surface area contributed by atoms with Crippen LogP contribution in [0.5, 0.6) is 11.5 Å². The first-order valence-corrected chi connectivity index (χ1v) is 16.9. The summed E-state index contributed by atoms with van der Waals surface area (Å²) in [5, 5.41) is 13.1. The number of ether oxygens (including phenoxy) is 2. The van der Waals surface area contributed by atoms with Crippen molar-refractivity contribution in [2.75, 3.05) is 19.0 Å². The van der Waals surface area contributed by atoms with E-state index in [0.717, 1.165) is 36.2 Å². The van der Waals surface area contributed by atoms with Crippen molar-refractivity contribution in [3.05, 3.63) is 67.0 Å². The number of benzene rings is 2. The van der Waals surface area contributed by atoms with E-state index in [4.69, 9.17) is 9.47 Å². The second-order valence-electron chi connectivity index (χ2n) is 11.8. The molecule has 3 aromatic rings. The summed E-state index contributed by atoms with van der Waals surface area (Å²) in [5.74, 6) is -3.29. The highest BCUT2D eigenvalue weighted by Gasteiger charge is 2.70. The standard InChI is InChI=1S/C31H28BrN3O8S2/c1-12(30(39)40)35-28(37)23-17-10-18(24(23)29(35)38)25-22(17)21(26-27(44-25)34-31(41)45-26)16-9-13(32)3-8-19(16)43-11-20(36)33-14-4-6-15(42-2)7-5-14/h3-9,12,17-18,21-25H,10-11H2,1-2H3,(H,33,36)(H,34,41)(H,39,40)/t12?,17?,18?,21-,22?,23?,24?,25?/m1/s1. The van der Waals surface area contributed by atoms with Crippen molar-refractivity contribution in [3.8, 4) is 11.5 Å². The Morgan fingerprint density at radius 3 is 2.51 bits per heavy atom. The first kappa shape index (κ1) is 30.1. The lowest BCUT2D eigenvalue weighted by Crippen LogP contribution is -2.44. The number of anilines is 1. The number of thioether (sulfide) groups is 1. The van der Waals surface area contributed by atoms with Crippen LogP contribution in [0.4, 0.5) is 5.69 Å². The number of aromatic amines is 1. The molecule has 7 unspecified atom stereocenters. The number of rotatable bonds is 8. The van der Waals surface area contributed by atoms with Gasteiger partial charge in [-0.3, -0.25) is 24.1 Å². The maximum Gasteiger partial charge on any atom is 0.326 e. The second-order valence-corrected chi connectivity index (χ2v) is 14.9. The zero-order valence-corrected chi connectivity index (χ0v) is 27.2. The minimum atomic E-state index is -1.24. The van der Waals surface area contributed by atoms with E-state index in [1.54, 1.807) is 49.2 Å². The summed E-state index contributed by atoms with van der Waals surface area (Å²) in [6.45, 7) is 1.10. The number of imide groups is 1. The van der Waals surface area contributed by atoms with E-state index >= 15 is 0 Å². The number of carboxylic acid groups (broad SMARTS) is 1. The van der Waals surface area contributed by atoms with Crippen LogP contribution in [0.1, 0.15) is 29.7 Å². The van der Waals surface area contributed by atoms with E-state index in [2.05, 4.69) is 26.2 Å². The predicted octanol–water partition coefficient (Wildman–Crippen LogP) is 4.17. The summed E-state index contributed by atoms with van der Waals surface area (Å²) < 4.78 is 12.1. The van der Waals surface area contributed by atoms with Crippen molar-refractivity contribution in [3.63, 3.8) is 0 Å². The lowest BCUT2D eigenvalue weighted by molar-refractivity contribution is -0.154. The van der Waals surface area contributed by atoms with Crippen LogP contribution in [-0.4, -0.2) is 63.7 Å². The molecular weight excluding hydrogens is 686 g/mol. The molecule has 45 heavy (non-hydrogen) atoms. The number of methoxy groups -OCH3 is 1. The minimum Gasteiger partial charge on any atom is -0.497 e. The highest BCUT2D eigenvalue weighted by molar-refractivity contribution is 9.10. The molecule has 234 valence electrons. The summed E-state index contributed by atoms with van der Waals surface area (Å²) >= 11 is 6.24. The first-order chi connectivity index (χ1) is 21.6. The average Bonchev–Trinajstić information content (AvgIpc) is 3.75. The third kappa shape index (κ3) is 4.88. The predicted molar refractivity (Wildman–Crippen MR) is 169 cm³/mol. The van der Waals surface area contributed by atoms with Crippen molar-refractivity contribution in [1.29, 1.82) is 0 Å².